The van der Waals surface area contributed by atoms with Gasteiger partial charge in [0, 0.05) is 6.08 Å². The molecule has 0 amide bonds. The molecule has 0 saturated carbocycles. The predicted molar refractivity (Wildman–Crippen MR) is 40.3 cm³/mol. The van der Waals surface area contributed by atoms with Crippen molar-refractivity contribution in [3.8, 4) is 0 Å². The summed E-state index contributed by atoms with van der Waals surface area (Å²) in [7, 11) is 0. The maximum atomic E-state index is 12.5. The van der Waals surface area contributed by atoms with Crippen molar-refractivity contribution in [2.45, 2.75) is 19.3 Å². The Labute approximate surface area is 64.9 Å². The monoisotopic (exact) mass is 152 g/mol. The van der Waals surface area contributed by atoms with Crippen LogP contribution in [0.25, 0.3) is 0 Å². The molecule has 1 aliphatic carbocycles. The first-order valence-corrected chi connectivity index (χ1v) is 3.81. The minimum atomic E-state index is -0.498. The highest BCUT2D eigenvalue weighted by molar-refractivity contribution is 5.35. The van der Waals surface area contributed by atoms with Gasteiger partial charge in [0.25, 0.3) is 6.01 Å². The molecule has 2 aliphatic rings. The summed E-state index contributed by atoms with van der Waals surface area (Å²) < 4.78 is 17.4. The molecule has 0 bridgehead atoms. The average Bonchev–Trinajstić information content (AvgIpc) is 2.04. The van der Waals surface area contributed by atoms with Crippen LogP contribution in [0.4, 0.5) is 4.39 Å². The van der Waals surface area contributed by atoms with Crippen molar-refractivity contribution in [2.24, 2.45) is 0 Å². The van der Waals surface area contributed by atoms with Gasteiger partial charge < -0.3 is 4.74 Å². The third-order valence-corrected chi connectivity index (χ3v) is 1.92. The van der Waals surface area contributed by atoms with Crippen LogP contribution in [0.2, 0.25) is 0 Å². The topological polar surface area (TPSA) is 9.23 Å². The summed E-state index contributed by atoms with van der Waals surface area (Å²) in [6.07, 6.45) is 8.27. The normalized spacial score (nSPS) is 22.5. The van der Waals surface area contributed by atoms with Crippen molar-refractivity contribution in [1.29, 1.82) is 0 Å². The molecule has 0 saturated heterocycles. The molecule has 2 heteroatoms. The summed E-state index contributed by atoms with van der Waals surface area (Å²) in [5, 5.41) is 0. The van der Waals surface area contributed by atoms with Gasteiger partial charge in [-0.25, -0.2) is 0 Å². The van der Waals surface area contributed by atoms with Crippen LogP contribution in [0, 0.1) is 0 Å². The Morgan fingerprint density at radius 1 is 1.36 bits per heavy atom. The van der Waals surface area contributed by atoms with E-state index in [-0.39, 0.29) is 0 Å². The summed E-state index contributed by atoms with van der Waals surface area (Å²) in [5.74, 6) is 0.719. The Morgan fingerprint density at radius 3 is 3.18 bits per heavy atom. The first kappa shape index (κ1) is 6.65. The van der Waals surface area contributed by atoms with Crippen LogP contribution >= 0.6 is 0 Å². The van der Waals surface area contributed by atoms with E-state index >= 15 is 0 Å². The summed E-state index contributed by atoms with van der Waals surface area (Å²) in [4.78, 5) is 0. The van der Waals surface area contributed by atoms with Crippen molar-refractivity contribution in [3.63, 3.8) is 0 Å². The highest BCUT2D eigenvalue weighted by Crippen LogP contribution is 2.29. The van der Waals surface area contributed by atoms with Crippen molar-refractivity contribution in [1.82, 2.24) is 0 Å². The van der Waals surface area contributed by atoms with E-state index in [1.165, 1.54) is 6.08 Å². The molecule has 0 unspecified atom stereocenters. The maximum Gasteiger partial charge on any atom is 0.278 e. The van der Waals surface area contributed by atoms with Crippen LogP contribution in [0.15, 0.2) is 35.6 Å². The summed E-state index contributed by atoms with van der Waals surface area (Å²) >= 11 is 0. The number of hydrogen-bond donors (Lipinski definition) is 0. The van der Waals surface area contributed by atoms with Gasteiger partial charge in [-0.1, -0.05) is 0 Å². The molecule has 0 aromatic rings. The van der Waals surface area contributed by atoms with Gasteiger partial charge in [0.15, 0.2) is 0 Å². The van der Waals surface area contributed by atoms with Gasteiger partial charge in [0.2, 0.25) is 0 Å². The van der Waals surface area contributed by atoms with Gasteiger partial charge in [-0.05, 0) is 37.0 Å². The van der Waals surface area contributed by atoms with Crippen LogP contribution in [0.3, 0.4) is 0 Å². The van der Waals surface area contributed by atoms with Crippen molar-refractivity contribution in [2.75, 3.05) is 0 Å². The fourth-order valence-corrected chi connectivity index (χ4v) is 1.36. The molecule has 58 valence electrons. The quantitative estimate of drug-likeness (QED) is 0.518. The first-order valence-electron chi connectivity index (χ1n) is 3.81. The molecule has 0 aromatic carbocycles. The second-order valence-electron chi connectivity index (χ2n) is 2.73. The van der Waals surface area contributed by atoms with E-state index in [9.17, 15) is 4.39 Å². The molecule has 0 atom stereocenters. The lowest BCUT2D eigenvalue weighted by molar-refractivity contribution is 0.213. The summed E-state index contributed by atoms with van der Waals surface area (Å²) in [6, 6.07) is -0.498. The Bertz CT molecular complexity index is 261. The molecule has 0 fully saturated rings. The second kappa shape index (κ2) is 2.53. The van der Waals surface area contributed by atoms with Gasteiger partial charge in [-0.3, -0.25) is 0 Å². The highest BCUT2D eigenvalue weighted by atomic mass is 19.1. The fourth-order valence-electron chi connectivity index (χ4n) is 1.36. The van der Waals surface area contributed by atoms with Crippen LogP contribution in [0.5, 0.6) is 0 Å². The SMILES string of the molecule is FC1=CC=C2CCCC=C2O1. The van der Waals surface area contributed by atoms with Crippen LogP contribution in [0.1, 0.15) is 19.3 Å². The smallest absolute Gasteiger partial charge is 0.278 e. The number of fused-ring (bicyclic) bond motifs is 1. The standard InChI is InChI=1S/C9H9FO/c10-9-6-5-7-3-1-2-4-8(7)11-9/h4-6H,1-3H2. The zero-order chi connectivity index (χ0) is 7.68. The predicted octanol–water partition coefficient (Wildman–Crippen LogP) is 2.82. The van der Waals surface area contributed by atoms with E-state index in [1.807, 2.05) is 6.08 Å². The zero-order valence-electron chi connectivity index (χ0n) is 6.14. The molecule has 1 nitrogen and oxygen atoms in total. The van der Waals surface area contributed by atoms with Crippen LogP contribution < -0.4 is 0 Å². The van der Waals surface area contributed by atoms with Crippen molar-refractivity contribution in [3.05, 3.63) is 35.6 Å². The van der Waals surface area contributed by atoms with E-state index < -0.39 is 6.01 Å². The van der Waals surface area contributed by atoms with Crippen molar-refractivity contribution >= 4 is 0 Å². The van der Waals surface area contributed by atoms with Gasteiger partial charge in [-0.2, -0.15) is 4.39 Å². The first-order chi connectivity index (χ1) is 5.36. The van der Waals surface area contributed by atoms with Crippen LogP contribution in [-0.4, -0.2) is 0 Å². The Kier molecular flexibility index (Phi) is 1.53. The molecule has 11 heavy (non-hydrogen) atoms. The zero-order valence-corrected chi connectivity index (χ0v) is 6.14. The lowest BCUT2D eigenvalue weighted by Gasteiger charge is -2.18. The van der Waals surface area contributed by atoms with E-state index in [1.54, 1.807) is 6.08 Å². The summed E-state index contributed by atoms with van der Waals surface area (Å²) in [6.45, 7) is 0. The Morgan fingerprint density at radius 2 is 2.27 bits per heavy atom. The molecule has 0 spiro atoms. The van der Waals surface area contributed by atoms with E-state index in [2.05, 4.69) is 0 Å². The number of ether oxygens (including phenoxy) is 1. The molecule has 0 radical (unpaired) electrons. The van der Waals surface area contributed by atoms with Gasteiger partial charge in [0.1, 0.15) is 5.76 Å². The molecular weight excluding hydrogens is 143 g/mol. The fraction of sp³-hybridized carbons (Fsp3) is 0.333. The number of hydrogen-bond acceptors (Lipinski definition) is 1. The second-order valence-corrected chi connectivity index (χ2v) is 2.73. The largest absolute Gasteiger partial charge is 0.432 e. The van der Waals surface area contributed by atoms with Crippen LogP contribution in [-0.2, 0) is 4.74 Å². The van der Waals surface area contributed by atoms with Gasteiger partial charge >= 0.3 is 0 Å². The molecule has 2 rings (SSSR count). The van der Waals surface area contributed by atoms with E-state index in [4.69, 9.17) is 4.74 Å². The molecule has 0 aromatic heterocycles. The number of allylic oxidation sites excluding steroid dienone is 4. The Balaban J connectivity index is 2.32. The third-order valence-electron chi connectivity index (χ3n) is 1.92. The Hall–Kier alpha value is -1.05. The lowest BCUT2D eigenvalue weighted by atomic mass is 9.99. The highest BCUT2D eigenvalue weighted by Gasteiger charge is 2.15. The van der Waals surface area contributed by atoms with Gasteiger partial charge in [0.05, 0.1) is 0 Å². The number of rotatable bonds is 0. The van der Waals surface area contributed by atoms with Gasteiger partial charge in [-0.15, -0.1) is 0 Å². The minimum absolute atomic E-state index is 0.498. The summed E-state index contributed by atoms with van der Waals surface area (Å²) in [5.41, 5.74) is 1.12. The molecule has 1 heterocycles. The van der Waals surface area contributed by atoms with Crippen molar-refractivity contribution < 1.29 is 9.13 Å². The van der Waals surface area contributed by atoms with E-state index in [0.717, 1.165) is 30.6 Å². The lowest BCUT2D eigenvalue weighted by Crippen LogP contribution is -2.02. The average molecular weight is 152 g/mol. The molecular formula is C9H9FO. The maximum absolute atomic E-state index is 12.5. The third kappa shape index (κ3) is 1.20. The molecule has 0 N–H and O–H groups in total. The molecule has 1 aliphatic heterocycles. The number of halogens is 1. The van der Waals surface area contributed by atoms with E-state index in [0.29, 0.717) is 0 Å². The minimum Gasteiger partial charge on any atom is -0.432 e.